The molecule has 2 atom stereocenters. The standard InChI is InChI=1S/C13H19N3O/c1-10-7-11(2)9-16(8-10)13(17)15-12-3-5-14-6-4-12/h3-6,10-11H,7-9H2,1-2H3,(H,14,15,17). The van der Waals surface area contributed by atoms with Crippen molar-refractivity contribution in [1.82, 2.24) is 9.88 Å². The van der Waals surface area contributed by atoms with Gasteiger partial charge in [0.15, 0.2) is 0 Å². The maximum Gasteiger partial charge on any atom is 0.321 e. The van der Waals surface area contributed by atoms with Crippen LogP contribution >= 0.6 is 0 Å². The fourth-order valence-electron chi connectivity index (χ4n) is 2.47. The Morgan fingerprint density at radius 3 is 2.47 bits per heavy atom. The highest BCUT2D eigenvalue weighted by Gasteiger charge is 2.25. The van der Waals surface area contributed by atoms with Crippen molar-refractivity contribution in [3.05, 3.63) is 24.5 Å². The molecule has 17 heavy (non-hydrogen) atoms. The van der Waals surface area contributed by atoms with Crippen molar-refractivity contribution in [2.45, 2.75) is 20.3 Å². The number of aromatic nitrogens is 1. The minimum Gasteiger partial charge on any atom is -0.324 e. The van der Waals surface area contributed by atoms with Crippen LogP contribution in [0.25, 0.3) is 0 Å². The van der Waals surface area contributed by atoms with Gasteiger partial charge in [-0.25, -0.2) is 4.79 Å². The average Bonchev–Trinajstić information content (AvgIpc) is 2.29. The minimum absolute atomic E-state index is 0.00500. The third-order valence-electron chi connectivity index (χ3n) is 3.09. The van der Waals surface area contributed by atoms with Gasteiger partial charge in [-0.15, -0.1) is 0 Å². The van der Waals surface area contributed by atoms with Gasteiger partial charge < -0.3 is 10.2 Å². The van der Waals surface area contributed by atoms with Crippen molar-refractivity contribution in [3.8, 4) is 0 Å². The molecule has 4 nitrogen and oxygen atoms in total. The first-order chi connectivity index (χ1) is 8.15. The summed E-state index contributed by atoms with van der Waals surface area (Å²) in [5, 5.41) is 2.90. The van der Waals surface area contributed by atoms with E-state index in [0.717, 1.165) is 18.8 Å². The molecule has 2 amide bonds. The molecular weight excluding hydrogens is 214 g/mol. The number of hydrogen-bond donors (Lipinski definition) is 1. The summed E-state index contributed by atoms with van der Waals surface area (Å²) in [6.07, 6.45) is 4.56. The summed E-state index contributed by atoms with van der Waals surface area (Å²) >= 11 is 0. The summed E-state index contributed by atoms with van der Waals surface area (Å²) in [4.78, 5) is 17.9. The number of carbonyl (C=O) groups is 1. The van der Waals surface area contributed by atoms with Gasteiger partial charge in [0, 0.05) is 31.2 Å². The first-order valence-electron chi connectivity index (χ1n) is 6.11. The summed E-state index contributed by atoms with van der Waals surface area (Å²) in [5.41, 5.74) is 0.802. The average molecular weight is 233 g/mol. The fraction of sp³-hybridized carbons (Fsp3) is 0.538. The van der Waals surface area contributed by atoms with Crippen LogP contribution in [0, 0.1) is 11.8 Å². The molecule has 2 rings (SSSR count). The zero-order valence-electron chi connectivity index (χ0n) is 10.4. The monoisotopic (exact) mass is 233 g/mol. The Kier molecular flexibility index (Phi) is 3.61. The molecule has 2 heterocycles. The Bertz CT molecular complexity index is 370. The topological polar surface area (TPSA) is 45.2 Å². The highest BCUT2D eigenvalue weighted by atomic mass is 16.2. The molecule has 1 aliphatic heterocycles. The van der Waals surface area contributed by atoms with Crippen molar-refractivity contribution in [3.63, 3.8) is 0 Å². The number of amides is 2. The molecule has 1 aliphatic rings. The van der Waals surface area contributed by atoms with Crippen LogP contribution < -0.4 is 5.32 Å². The number of piperidine rings is 1. The molecule has 0 aromatic carbocycles. The van der Waals surface area contributed by atoms with Gasteiger partial charge in [0.1, 0.15) is 0 Å². The van der Waals surface area contributed by atoms with E-state index in [2.05, 4.69) is 24.1 Å². The zero-order chi connectivity index (χ0) is 12.3. The Balaban J connectivity index is 1.96. The third-order valence-corrected chi connectivity index (χ3v) is 3.09. The van der Waals surface area contributed by atoms with Crippen LogP contribution in [0.2, 0.25) is 0 Å². The first kappa shape index (κ1) is 11.9. The minimum atomic E-state index is -0.00500. The first-order valence-corrected chi connectivity index (χ1v) is 6.11. The maximum atomic E-state index is 12.1. The Labute approximate surface area is 102 Å². The molecule has 0 radical (unpaired) electrons. The van der Waals surface area contributed by atoms with E-state index in [0.29, 0.717) is 11.8 Å². The van der Waals surface area contributed by atoms with Crippen LogP contribution in [0.3, 0.4) is 0 Å². The number of pyridine rings is 1. The van der Waals surface area contributed by atoms with Crippen LogP contribution in [0.1, 0.15) is 20.3 Å². The lowest BCUT2D eigenvalue weighted by Gasteiger charge is -2.34. The molecule has 1 fully saturated rings. The number of nitrogens with one attached hydrogen (secondary N) is 1. The normalized spacial score (nSPS) is 24.5. The van der Waals surface area contributed by atoms with E-state index in [9.17, 15) is 4.79 Å². The molecule has 92 valence electrons. The Morgan fingerprint density at radius 2 is 1.88 bits per heavy atom. The molecule has 2 unspecified atom stereocenters. The van der Waals surface area contributed by atoms with Gasteiger partial charge in [-0.2, -0.15) is 0 Å². The van der Waals surface area contributed by atoms with E-state index in [1.54, 1.807) is 24.5 Å². The number of likely N-dealkylation sites (tertiary alicyclic amines) is 1. The predicted octanol–water partition coefficient (Wildman–Crippen LogP) is 2.59. The van der Waals surface area contributed by atoms with Gasteiger partial charge >= 0.3 is 6.03 Å². The van der Waals surface area contributed by atoms with Gasteiger partial charge in [0.2, 0.25) is 0 Å². The highest BCUT2D eigenvalue weighted by molar-refractivity contribution is 5.89. The van der Waals surface area contributed by atoms with Crippen LogP contribution in [-0.2, 0) is 0 Å². The lowest BCUT2D eigenvalue weighted by atomic mass is 9.92. The fourth-order valence-corrected chi connectivity index (χ4v) is 2.47. The van der Waals surface area contributed by atoms with E-state index in [4.69, 9.17) is 0 Å². The van der Waals surface area contributed by atoms with Crippen molar-refractivity contribution in [1.29, 1.82) is 0 Å². The number of anilines is 1. The van der Waals surface area contributed by atoms with Gasteiger partial charge in [-0.1, -0.05) is 13.8 Å². The summed E-state index contributed by atoms with van der Waals surface area (Å²) in [6.45, 7) is 6.09. The summed E-state index contributed by atoms with van der Waals surface area (Å²) in [6, 6.07) is 3.60. The molecule has 1 N–H and O–H groups in total. The zero-order valence-corrected chi connectivity index (χ0v) is 10.4. The quantitative estimate of drug-likeness (QED) is 0.810. The maximum absolute atomic E-state index is 12.1. The second-order valence-corrected chi connectivity index (χ2v) is 5.02. The second-order valence-electron chi connectivity index (χ2n) is 5.02. The SMILES string of the molecule is CC1CC(C)CN(C(=O)Nc2ccncc2)C1. The molecular formula is C13H19N3O. The van der Waals surface area contributed by atoms with E-state index >= 15 is 0 Å². The lowest BCUT2D eigenvalue weighted by molar-refractivity contribution is 0.156. The largest absolute Gasteiger partial charge is 0.324 e. The molecule has 0 aliphatic carbocycles. The van der Waals surface area contributed by atoms with Crippen molar-refractivity contribution >= 4 is 11.7 Å². The van der Waals surface area contributed by atoms with Gasteiger partial charge in [-0.05, 0) is 30.4 Å². The predicted molar refractivity (Wildman–Crippen MR) is 67.8 cm³/mol. The molecule has 0 spiro atoms. The number of nitrogens with zero attached hydrogens (tertiary/aromatic N) is 2. The molecule has 1 saturated heterocycles. The number of hydrogen-bond acceptors (Lipinski definition) is 2. The van der Waals surface area contributed by atoms with Crippen LogP contribution in [0.5, 0.6) is 0 Å². The summed E-state index contributed by atoms with van der Waals surface area (Å²) in [5.74, 6) is 1.17. The van der Waals surface area contributed by atoms with Crippen molar-refractivity contribution in [2.75, 3.05) is 18.4 Å². The molecule has 0 saturated carbocycles. The van der Waals surface area contributed by atoms with Crippen molar-refractivity contribution in [2.24, 2.45) is 11.8 Å². The third kappa shape index (κ3) is 3.19. The van der Waals surface area contributed by atoms with Crippen LogP contribution in [-0.4, -0.2) is 29.0 Å². The van der Waals surface area contributed by atoms with Crippen LogP contribution in [0.15, 0.2) is 24.5 Å². The van der Waals surface area contributed by atoms with E-state index in [-0.39, 0.29) is 6.03 Å². The highest BCUT2D eigenvalue weighted by Crippen LogP contribution is 2.21. The summed E-state index contributed by atoms with van der Waals surface area (Å²) in [7, 11) is 0. The molecule has 1 aromatic rings. The van der Waals surface area contributed by atoms with Gasteiger partial charge in [0.05, 0.1) is 0 Å². The number of urea groups is 1. The molecule has 0 bridgehead atoms. The second kappa shape index (κ2) is 5.17. The van der Waals surface area contributed by atoms with Crippen molar-refractivity contribution < 1.29 is 4.79 Å². The van der Waals surface area contributed by atoms with Gasteiger partial charge in [-0.3, -0.25) is 4.98 Å². The number of rotatable bonds is 1. The van der Waals surface area contributed by atoms with E-state index < -0.39 is 0 Å². The summed E-state index contributed by atoms with van der Waals surface area (Å²) < 4.78 is 0. The lowest BCUT2D eigenvalue weighted by Crippen LogP contribution is -2.44. The van der Waals surface area contributed by atoms with E-state index in [1.165, 1.54) is 6.42 Å². The number of carbonyl (C=O) groups excluding carboxylic acids is 1. The Morgan fingerprint density at radius 1 is 1.29 bits per heavy atom. The van der Waals surface area contributed by atoms with Gasteiger partial charge in [0.25, 0.3) is 0 Å². The van der Waals surface area contributed by atoms with E-state index in [1.807, 2.05) is 4.90 Å². The smallest absolute Gasteiger partial charge is 0.321 e. The Hall–Kier alpha value is -1.58. The van der Waals surface area contributed by atoms with Crippen LogP contribution in [0.4, 0.5) is 10.5 Å². The molecule has 1 aromatic heterocycles. The molecule has 4 heteroatoms.